The summed E-state index contributed by atoms with van der Waals surface area (Å²) in [6.45, 7) is 5.55. The molecule has 4 aromatic carbocycles. The molecule has 0 bridgehead atoms. The minimum Gasteiger partial charge on any atom is -0.508 e. The number of aromatic amines is 3. The normalized spacial score (nSPS) is 14.3. The van der Waals surface area contributed by atoms with Crippen molar-refractivity contribution in [1.29, 1.82) is 0 Å². The third-order valence-electron chi connectivity index (χ3n) is 19.6. The Kier molecular flexibility index (Phi) is 39.0. The first-order valence-electron chi connectivity index (χ1n) is 39.8. The van der Waals surface area contributed by atoms with E-state index in [4.69, 9.17) is 10.5 Å². The summed E-state index contributed by atoms with van der Waals surface area (Å²) < 4.78 is 5.30. The van der Waals surface area contributed by atoms with E-state index in [-0.39, 0.29) is 68.9 Å². The molecule has 23 N–H and O–H groups in total. The number of phenolic OH excluding ortho intramolecular Hbond substituents is 1. The van der Waals surface area contributed by atoms with Gasteiger partial charge in [0.25, 0.3) is 0 Å². The molecule has 3 heterocycles. The lowest BCUT2D eigenvalue weighted by molar-refractivity contribution is -0.143. The number of carbonyl (C=O) groups excluding carboxylic acids is 14. The van der Waals surface area contributed by atoms with E-state index in [1.54, 1.807) is 105 Å². The largest absolute Gasteiger partial charge is 0.508 e. The average Bonchev–Trinajstić information content (AvgIpc) is 1.66. The molecule has 0 radical (unpaired) electrons. The number of hydrogen-bond acceptors (Lipinski definition) is 23. The Bertz CT molecular complexity index is 4840. The Morgan fingerprint density at radius 2 is 0.935 bits per heavy atom. The van der Waals surface area contributed by atoms with Crippen molar-refractivity contribution < 1.29 is 102 Å². The molecule has 3 aromatic heterocycles. The van der Waals surface area contributed by atoms with Crippen LogP contribution in [0, 0.1) is 5.92 Å². The number of aliphatic hydroxyl groups is 1. The SMILES string of the molecule is CC(=O)N[C@@H](CS)C(=O)N[C@@H](C)C(=O)N[C@@H](CC(=O)O)C(=O)N[C@@H](Cc1c[nH]c2ccccc12)C(=O)N[C@H](C(=O)N[C@@H](CS)C(=O)N[C@@H](Cc1ccc(O)cc1)C(=O)N[C@@H](Cc1c[nH]c2ccccc12)C(=O)N[C@@H](Cc1cnc[nH]1)C(=O)N[C@H](C(=O)N[C@@H](Cc1ccccc1)C(=O)NCC(=O)NCCOCC(=O)N[C@H](CCCCN)C(=O)O)[C@@H](C)O)C(C)C. The van der Waals surface area contributed by atoms with Crippen molar-refractivity contribution >= 4 is 142 Å². The summed E-state index contributed by atoms with van der Waals surface area (Å²) in [6, 6.07) is 9.12. The third-order valence-corrected chi connectivity index (χ3v) is 20.3. The van der Waals surface area contributed by atoms with Crippen molar-refractivity contribution in [2.24, 2.45) is 11.7 Å². The Morgan fingerprint density at radius 3 is 1.46 bits per heavy atom. The van der Waals surface area contributed by atoms with Gasteiger partial charge in [-0.25, -0.2) is 9.78 Å². The molecule has 0 aliphatic heterocycles. The number of carboxylic acid groups (broad SMARTS) is 2. The highest BCUT2D eigenvalue weighted by atomic mass is 32.1. The molecular weight excluding hydrogens is 1650 g/mol. The monoisotopic (exact) mass is 1760 g/mol. The number of aromatic hydroxyl groups is 1. The van der Waals surface area contributed by atoms with Crippen molar-refractivity contribution in [3.05, 3.63) is 156 Å². The molecule has 0 saturated heterocycles. The number of imidazole rings is 1. The molecule has 0 fully saturated rings. The number of hydrogen-bond donors (Lipinski definition) is 24. The van der Waals surface area contributed by atoms with Crippen LogP contribution in [0.1, 0.15) is 88.2 Å². The third kappa shape index (κ3) is 31.2. The number of H-pyrrole nitrogens is 3. The number of nitrogens with two attached hydrogens (primary N) is 1. The van der Waals surface area contributed by atoms with Crippen LogP contribution in [0.15, 0.2) is 128 Å². The number of aromatic nitrogens is 4. The van der Waals surface area contributed by atoms with E-state index in [2.05, 4.69) is 120 Å². The second kappa shape index (κ2) is 49.2. The lowest BCUT2D eigenvalue weighted by atomic mass is 9.99. The highest BCUT2D eigenvalue weighted by Gasteiger charge is 2.39. The number of fused-ring (bicyclic) bond motifs is 2. The van der Waals surface area contributed by atoms with Crippen LogP contribution in [0.4, 0.5) is 0 Å². The van der Waals surface area contributed by atoms with Crippen molar-refractivity contribution in [2.45, 2.75) is 171 Å². The summed E-state index contributed by atoms with van der Waals surface area (Å²) in [5.41, 5.74) is 8.84. The molecule has 0 spiro atoms. The number of aliphatic hydroxyl groups excluding tert-OH is 1. The van der Waals surface area contributed by atoms with Crippen LogP contribution in [-0.2, 0) is 114 Å². The van der Waals surface area contributed by atoms with Gasteiger partial charge < -0.3 is 120 Å². The second-order valence-corrected chi connectivity index (χ2v) is 30.4. The predicted molar refractivity (Wildman–Crippen MR) is 457 cm³/mol. The molecule has 124 heavy (non-hydrogen) atoms. The van der Waals surface area contributed by atoms with Crippen LogP contribution in [0.3, 0.4) is 0 Å². The predicted octanol–water partition coefficient (Wildman–Crippen LogP) is -2.72. The maximum atomic E-state index is 15.3. The van der Waals surface area contributed by atoms with Gasteiger partial charge in [0.2, 0.25) is 82.7 Å². The highest BCUT2D eigenvalue weighted by molar-refractivity contribution is 7.80. The molecule has 7 aromatic rings. The zero-order valence-electron chi connectivity index (χ0n) is 68.7. The van der Waals surface area contributed by atoms with Gasteiger partial charge >= 0.3 is 11.9 Å². The zero-order valence-corrected chi connectivity index (χ0v) is 70.5. The van der Waals surface area contributed by atoms with Gasteiger partial charge in [0, 0.05) is 103 Å². The molecule has 13 atom stereocenters. The van der Waals surface area contributed by atoms with Crippen molar-refractivity contribution in [3.63, 3.8) is 0 Å². The van der Waals surface area contributed by atoms with Crippen LogP contribution in [-0.4, -0.2) is 258 Å². The summed E-state index contributed by atoms with van der Waals surface area (Å²) in [4.78, 5) is 233. The number of nitrogens with one attached hydrogen (secondary N) is 17. The van der Waals surface area contributed by atoms with Gasteiger partial charge in [-0.05, 0) is 92.1 Å². The highest BCUT2D eigenvalue weighted by Crippen LogP contribution is 2.23. The maximum absolute atomic E-state index is 15.3. The topological polar surface area (TPSA) is 618 Å². The maximum Gasteiger partial charge on any atom is 0.326 e. The number of nitrogens with zero attached hydrogens (tertiary/aromatic N) is 1. The van der Waals surface area contributed by atoms with Gasteiger partial charge in [-0.2, -0.15) is 25.3 Å². The first-order chi connectivity index (χ1) is 59.1. The number of carbonyl (C=O) groups is 16. The van der Waals surface area contributed by atoms with E-state index in [1.807, 2.05) is 0 Å². The molecule has 42 heteroatoms. The van der Waals surface area contributed by atoms with Gasteiger partial charge in [0.1, 0.15) is 84.9 Å². The first-order valence-corrected chi connectivity index (χ1v) is 41.1. The number of unbranched alkanes of at least 4 members (excludes halogenated alkanes) is 1. The smallest absolute Gasteiger partial charge is 0.326 e. The standard InChI is InChI=1S/C82H107N19O21S2/c1-43(2)69(100-76(114)61(32-50-36-87-56-20-12-10-18-54(50)56)96-75(113)63(34-68(107)108)93-71(109)44(3)90-78(116)64(40-123)91-46(5)103)80(118)99-65(41-124)79(117)94-59(30-48-22-24-52(104)25-23-48)73(111)95-60(31-49-35-86-55-19-11-9-17-53(49)55)74(112)97-62(33-51-37-84-42-89-51)77(115)101-70(45(4)102)81(119)98-58(29-47-15-7-6-8-16-47)72(110)88-38-66(105)85-27-28-122-39-67(106)92-57(82(120)121)21-13-14-26-83/h6-12,15-20,22-25,35-37,42-45,57-65,69-70,86-87,102,104,123-124H,13-14,21,26-34,38-41,83H2,1-5H3,(H,84,89)(H,85,105)(H,88,110)(H,90,116)(H,91,103)(H,92,106)(H,93,109)(H,94,117)(H,95,111)(H,96,113)(H,97,112)(H,98,119)(H,99,118)(H,100,114)(H,101,115)(H,107,108)(H,120,121)/t44-,45+,57+,58-,59-,60-,61-,62-,63-,64-,65-,69-,70-/m0/s1. The molecular formula is C82H107N19O21S2. The van der Waals surface area contributed by atoms with Gasteiger partial charge in [-0.15, -0.1) is 0 Å². The van der Waals surface area contributed by atoms with E-state index in [1.165, 1.54) is 50.6 Å². The number of aliphatic carboxylic acids is 2. The van der Waals surface area contributed by atoms with Crippen molar-refractivity contribution in [1.82, 2.24) is 94.4 Å². The Labute approximate surface area is 723 Å². The van der Waals surface area contributed by atoms with Gasteiger partial charge in [-0.1, -0.05) is 92.7 Å². The van der Waals surface area contributed by atoms with Crippen LogP contribution >= 0.6 is 25.3 Å². The summed E-state index contributed by atoms with van der Waals surface area (Å²) >= 11 is 8.49. The number of phenols is 1. The number of ether oxygens (including phenoxy) is 1. The number of carboxylic acids is 2. The van der Waals surface area contributed by atoms with Crippen LogP contribution in [0.5, 0.6) is 5.75 Å². The van der Waals surface area contributed by atoms with E-state index < -0.39 is 204 Å². The van der Waals surface area contributed by atoms with Gasteiger partial charge in [-0.3, -0.25) is 71.9 Å². The van der Waals surface area contributed by atoms with Crippen molar-refractivity contribution in [2.75, 3.05) is 44.4 Å². The molecule has 0 unspecified atom stereocenters. The van der Waals surface area contributed by atoms with E-state index in [9.17, 15) is 87.5 Å². The minimum atomic E-state index is -1.88. The fourth-order valence-electron chi connectivity index (χ4n) is 12.9. The second-order valence-electron chi connectivity index (χ2n) is 29.7. The lowest BCUT2D eigenvalue weighted by Gasteiger charge is -2.29. The van der Waals surface area contributed by atoms with Crippen LogP contribution < -0.4 is 80.2 Å². The summed E-state index contributed by atoms with van der Waals surface area (Å²) in [7, 11) is 0. The Morgan fingerprint density at radius 1 is 0.468 bits per heavy atom. The van der Waals surface area contributed by atoms with E-state index in [0.29, 0.717) is 63.4 Å². The number of rotatable bonds is 51. The number of amides is 14. The Hall–Kier alpha value is -12.9. The molecule has 14 amide bonds. The number of thiol groups is 2. The minimum absolute atomic E-state index is 0.138. The number of benzene rings is 4. The van der Waals surface area contributed by atoms with Crippen LogP contribution in [0.25, 0.3) is 21.8 Å². The van der Waals surface area contributed by atoms with E-state index in [0.717, 1.165) is 6.92 Å². The molecule has 40 nitrogen and oxygen atoms in total. The zero-order chi connectivity index (χ0) is 90.7. The summed E-state index contributed by atoms with van der Waals surface area (Å²) in [6.07, 6.45) is 2.75. The average molecular weight is 1760 g/mol. The quantitative estimate of drug-likeness (QED) is 0.0136. The van der Waals surface area contributed by atoms with E-state index >= 15 is 9.59 Å². The molecule has 668 valence electrons. The summed E-state index contributed by atoms with van der Waals surface area (Å²) in [5, 5.41) is 77.5. The molecule has 7 rings (SSSR count). The molecule has 0 aliphatic rings. The lowest BCUT2D eigenvalue weighted by Crippen LogP contribution is -2.62. The van der Waals surface area contributed by atoms with Gasteiger partial charge in [0.05, 0.1) is 32.0 Å². The Balaban J connectivity index is 1.09. The van der Waals surface area contributed by atoms with Crippen LogP contribution in [0.2, 0.25) is 0 Å². The van der Waals surface area contributed by atoms with Crippen molar-refractivity contribution in [3.8, 4) is 5.75 Å². The fourth-order valence-corrected chi connectivity index (χ4v) is 13.5. The molecule has 0 aliphatic carbocycles. The van der Waals surface area contributed by atoms with Gasteiger partial charge in [0.15, 0.2) is 0 Å². The first kappa shape index (κ1) is 98.2. The fraction of sp³-hybridized carbons (Fsp3) is 0.427. The molecule has 0 saturated carbocycles. The summed E-state index contributed by atoms with van der Waals surface area (Å²) in [5.74, 6) is -17.5. The number of para-hydroxylation sites is 2.